The monoisotopic (exact) mass is 373 g/mol. The maximum atomic E-state index is 11.1. The summed E-state index contributed by atoms with van der Waals surface area (Å²) in [6, 6.07) is 10.1. The first kappa shape index (κ1) is 19.0. The molecule has 0 saturated heterocycles. The summed E-state index contributed by atoms with van der Waals surface area (Å²) in [5.41, 5.74) is 1.38. The van der Waals surface area contributed by atoms with Gasteiger partial charge in [-0.2, -0.15) is 0 Å². The van der Waals surface area contributed by atoms with Gasteiger partial charge in [0.2, 0.25) is 6.79 Å². The van der Waals surface area contributed by atoms with Crippen molar-refractivity contribution in [2.75, 3.05) is 13.3 Å². The number of ether oxygens (including phenoxy) is 2. The molecule has 1 heterocycles. The molecule has 2 aromatic rings. The SMILES string of the molecule is CC(CCc1ccc2c(c1)OCO2)NCC(O)c1ccc(O)c(C(=O)O)c1. The molecule has 144 valence electrons. The summed E-state index contributed by atoms with van der Waals surface area (Å²) in [6.45, 7) is 2.57. The first-order chi connectivity index (χ1) is 12.9. The Morgan fingerprint density at radius 3 is 2.74 bits per heavy atom. The molecule has 0 radical (unpaired) electrons. The van der Waals surface area contributed by atoms with Gasteiger partial charge in [0.1, 0.15) is 11.3 Å². The Morgan fingerprint density at radius 1 is 1.19 bits per heavy atom. The Bertz CT molecular complexity index is 822. The van der Waals surface area contributed by atoms with E-state index >= 15 is 0 Å². The van der Waals surface area contributed by atoms with Gasteiger partial charge >= 0.3 is 5.97 Å². The third-order valence-electron chi connectivity index (χ3n) is 4.60. The van der Waals surface area contributed by atoms with Gasteiger partial charge in [0.05, 0.1) is 6.10 Å². The van der Waals surface area contributed by atoms with Crippen LogP contribution in [-0.4, -0.2) is 40.7 Å². The lowest BCUT2D eigenvalue weighted by Crippen LogP contribution is -2.30. The maximum Gasteiger partial charge on any atom is 0.339 e. The van der Waals surface area contributed by atoms with Crippen molar-refractivity contribution >= 4 is 5.97 Å². The van der Waals surface area contributed by atoms with Crippen LogP contribution in [0.4, 0.5) is 0 Å². The number of carboxylic acids is 1. The minimum atomic E-state index is -1.23. The number of fused-ring (bicyclic) bond motifs is 1. The highest BCUT2D eigenvalue weighted by Crippen LogP contribution is 2.32. The fourth-order valence-electron chi connectivity index (χ4n) is 2.94. The molecule has 7 nitrogen and oxygen atoms in total. The molecule has 2 aromatic carbocycles. The molecule has 2 unspecified atom stereocenters. The van der Waals surface area contributed by atoms with E-state index in [9.17, 15) is 15.0 Å². The number of aliphatic hydroxyl groups excluding tert-OH is 1. The lowest BCUT2D eigenvalue weighted by atomic mass is 10.0. The number of carbonyl (C=O) groups is 1. The van der Waals surface area contributed by atoms with E-state index in [1.54, 1.807) is 0 Å². The van der Waals surface area contributed by atoms with E-state index in [1.807, 2.05) is 25.1 Å². The molecule has 27 heavy (non-hydrogen) atoms. The Hall–Kier alpha value is -2.77. The van der Waals surface area contributed by atoms with Gasteiger partial charge in [0, 0.05) is 12.6 Å². The molecule has 0 amide bonds. The minimum absolute atomic E-state index is 0.154. The van der Waals surface area contributed by atoms with Crippen LogP contribution in [0.3, 0.4) is 0 Å². The molecule has 1 aliphatic rings. The number of phenols is 1. The summed E-state index contributed by atoms with van der Waals surface area (Å²) in [5, 5.41) is 32.1. The summed E-state index contributed by atoms with van der Waals surface area (Å²) in [7, 11) is 0. The second-order valence-electron chi connectivity index (χ2n) is 6.63. The summed E-state index contributed by atoms with van der Waals surface area (Å²) in [6.07, 6.45) is 0.850. The topological polar surface area (TPSA) is 108 Å². The number of aromatic hydroxyl groups is 1. The minimum Gasteiger partial charge on any atom is -0.507 e. The van der Waals surface area contributed by atoms with Crippen LogP contribution < -0.4 is 14.8 Å². The van der Waals surface area contributed by atoms with Crippen molar-refractivity contribution in [3.8, 4) is 17.2 Å². The van der Waals surface area contributed by atoms with Gasteiger partial charge in [-0.1, -0.05) is 12.1 Å². The standard InChI is InChI=1S/C20H23NO6/c1-12(2-3-13-4-7-18-19(8-13)27-11-26-18)21-10-17(23)14-5-6-16(22)15(9-14)20(24)25/h4-9,12,17,21-23H,2-3,10-11H2,1H3,(H,24,25). The van der Waals surface area contributed by atoms with Gasteiger partial charge in [-0.25, -0.2) is 4.79 Å². The highest BCUT2D eigenvalue weighted by atomic mass is 16.7. The van der Waals surface area contributed by atoms with Crippen molar-refractivity contribution in [1.82, 2.24) is 5.32 Å². The molecule has 7 heteroatoms. The Morgan fingerprint density at radius 2 is 1.96 bits per heavy atom. The fraction of sp³-hybridized carbons (Fsp3) is 0.350. The van der Waals surface area contributed by atoms with Crippen molar-refractivity contribution in [2.45, 2.75) is 31.9 Å². The number of benzene rings is 2. The van der Waals surface area contributed by atoms with E-state index in [1.165, 1.54) is 18.2 Å². The lowest BCUT2D eigenvalue weighted by Gasteiger charge is -2.18. The zero-order chi connectivity index (χ0) is 19.4. The zero-order valence-electron chi connectivity index (χ0n) is 15.0. The van der Waals surface area contributed by atoms with Crippen molar-refractivity contribution < 1.29 is 29.6 Å². The van der Waals surface area contributed by atoms with Gasteiger partial charge in [-0.3, -0.25) is 0 Å². The second kappa shape index (κ2) is 8.28. The quantitative estimate of drug-likeness (QED) is 0.563. The van der Waals surface area contributed by atoms with E-state index in [0.29, 0.717) is 5.56 Å². The third-order valence-corrected chi connectivity index (χ3v) is 4.60. The predicted octanol–water partition coefficient (Wildman–Crippen LogP) is 2.46. The number of rotatable bonds is 8. The molecule has 0 aromatic heterocycles. The summed E-state index contributed by atoms with van der Waals surface area (Å²) in [5.74, 6) is -0.0112. The normalized spacial score (nSPS) is 14.7. The van der Waals surface area contributed by atoms with Crippen molar-refractivity contribution in [3.05, 3.63) is 53.1 Å². The number of aliphatic hydroxyl groups is 1. The van der Waals surface area contributed by atoms with Gasteiger partial charge in [0.15, 0.2) is 11.5 Å². The molecule has 0 saturated carbocycles. The largest absolute Gasteiger partial charge is 0.507 e. The maximum absolute atomic E-state index is 11.1. The van der Waals surface area contributed by atoms with Crippen LogP contribution in [0.5, 0.6) is 17.2 Å². The Labute approximate surface area is 157 Å². The molecule has 0 fully saturated rings. The van der Waals surface area contributed by atoms with Gasteiger partial charge in [-0.05, 0) is 55.2 Å². The van der Waals surface area contributed by atoms with E-state index in [-0.39, 0.29) is 30.7 Å². The molecule has 0 aliphatic carbocycles. The van der Waals surface area contributed by atoms with E-state index < -0.39 is 12.1 Å². The number of aryl methyl sites for hydroxylation is 1. The van der Waals surface area contributed by atoms with Crippen LogP contribution in [-0.2, 0) is 6.42 Å². The highest BCUT2D eigenvalue weighted by molar-refractivity contribution is 5.90. The molecule has 4 N–H and O–H groups in total. The van der Waals surface area contributed by atoms with Crippen molar-refractivity contribution in [2.24, 2.45) is 0 Å². The lowest BCUT2D eigenvalue weighted by molar-refractivity contribution is 0.0693. The number of nitrogens with one attached hydrogen (secondary N) is 1. The van der Waals surface area contributed by atoms with Gasteiger partial charge in [-0.15, -0.1) is 0 Å². The first-order valence-corrected chi connectivity index (χ1v) is 8.80. The highest BCUT2D eigenvalue weighted by Gasteiger charge is 2.16. The van der Waals surface area contributed by atoms with Crippen molar-refractivity contribution in [3.63, 3.8) is 0 Å². The van der Waals surface area contributed by atoms with Crippen LogP contribution in [0.25, 0.3) is 0 Å². The average Bonchev–Trinajstić information content (AvgIpc) is 3.12. The van der Waals surface area contributed by atoms with E-state index in [2.05, 4.69) is 5.32 Å². The number of hydrogen-bond donors (Lipinski definition) is 4. The first-order valence-electron chi connectivity index (χ1n) is 8.80. The number of aromatic carboxylic acids is 1. The molecule has 1 aliphatic heterocycles. The third kappa shape index (κ3) is 4.69. The van der Waals surface area contributed by atoms with Gasteiger partial charge in [0.25, 0.3) is 0 Å². The van der Waals surface area contributed by atoms with Gasteiger partial charge < -0.3 is 30.1 Å². The smallest absolute Gasteiger partial charge is 0.339 e. The Kier molecular flexibility index (Phi) is 5.83. The molecular weight excluding hydrogens is 350 g/mol. The summed E-state index contributed by atoms with van der Waals surface area (Å²) < 4.78 is 10.7. The zero-order valence-corrected chi connectivity index (χ0v) is 15.0. The summed E-state index contributed by atoms with van der Waals surface area (Å²) >= 11 is 0. The molecule has 2 atom stereocenters. The van der Waals surface area contributed by atoms with E-state index in [4.69, 9.17) is 14.6 Å². The average molecular weight is 373 g/mol. The van der Waals surface area contributed by atoms with Crippen LogP contribution in [0, 0.1) is 0 Å². The molecule has 0 bridgehead atoms. The number of carboxylic acid groups (broad SMARTS) is 1. The molecule has 3 rings (SSSR count). The van der Waals surface area contributed by atoms with Crippen molar-refractivity contribution in [1.29, 1.82) is 0 Å². The van der Waals surface area contributed by atoms with Crippen LogP contribution in [0.15, 0.2) is 36.4 Å². The fourth-order valence-corrected chi connectivity index (χ4v) is 2.94. The Balaban J connectivity index is 1.49. The molecular formula is C20H23NO6. The van der Waals surface area contributed by atoms with E-state index in [0.717, 1.165) is 29.9 Å². The number of hydrogen-bond acceptors (Lipinski definition) is 6. The predicted molar refractivity (Wildman–Crippen MR) is 98.4 cm³/mol. The summed E-state index contributed by atoms with van der Waals surface area (Å²) in [4.78, 5) is 11.1. The van der Waals surface area contributed by atoms with Crippen LogP contribution in [0.1, 0.15) is 40.9 Å². The van der Waals surface area contributed by atoms with Crippen LogP contribution in [0.2, 0.25) is 0 Å². The molecule has 0 spiro atoms. The second-order valence-corrected chi connectivity index (χ2v) is 6.63. The van der Waals surface area contributed by atoms with Crippen LogP contribution >= 0.6 is 0 Å².